The number of carbonyl (C=O) groups is 1. The second kappa shape index (κ2) is 10.1. The van der Waals surface area contributed by atoms with E-state index in [-0.39, 0.29) is 17.9 Å². The number of rotatable bonds is 7. The molecule has 28 heavy (non-hydrogen) atoms. The highest BCUT2D eigenvalue weighted by atomic mass is 35.5. The van der Waals surface area contributed by atoms with E-state index in [2.05, 4.69) is 48.3 Å². The topological polar surface area (TPSA) is 32.3 Å². The number of carbonyl (C=O) groups excluding carboxylic acids is 1. The summed E-state index contributed by atoms with van der Waals surface area (Å²) in [7, 11) is 0. The minimum atomic E-state index is 0.0980. The van der Waals surface area contributed by atoms with Crippen LogP contribution < -0.4 is 5.32 Å². The maximum Gasteiger partial charge on any atom is 0.223 e. The average Bonchev–Trinajstić information content (AvgIpc) is 2.70. The van der Waals surface area contributed by atoms with E-state index in [0.29, 0.717) is 5.92 Å². The van der Waals surface area contributed by atoms with E-state index >= 15 is 0 Å². The molecule has 0 unspecified atom stereocenters. The Labute approximate surface area is 174 Å². The first-order valence-corrected chi connectivity index (χ1v) is 10.7. The third kappa shape index (κ3) is 6.08. The summed E-state index contributed by atoms with van der Waals surface area (Å²) in [4.78, 5) is 15.3. The van der Waals surface area contributed by atoms with Crippen molar-refractivity contribution in [2.75, 3.05) is 13.1 Å². The van der Waals surface area contributed by atoms with Gasteiger partial charge in [-0.25, -0.2) is 0 Å². The zero-order chi connectivity index (χ0) is 19.9. The molecule has 1 atom stereocenters. The predicted octanol–water partition coefficient (Wildman–Crippen LogP) is 5.46. The average molecular weight is 399 g/mol. The number of benzene rings is 2. The summed E-state index contributed by atoms with van der Waals surface area (Å²) in [5.74, 6) is 0.854. The molecule has 1 saturated heterocycles. The zero-order valence-electron chi connectivity index (χ0n) is 16.9. The van der Waals surface area contributed by atoms with Gasteiger partial charge >= 0.3 is 0 Å². The predicted molar refractivity (Wildman–Crippen MR) is 116 cm³/mol. The molecule has 0 aromatic heterocycles. The van der Waals surface area contributed by atoms with E-state index in [1.807, 2.05) is 30.3 Å². The van der Waals surface area contributed by atoms with Gasteiger partial charge in [-0.3, -0.25) is 9.69 Å². The largest absolute Gasteiger partial charge is 0.349 e. The summed E-state index contributed by atoms with van der Waals surface area (Å²) in [6, 6.07) is 18.5. The van der Waals surface area contributed by atoms with Crippen molar-refractivity contribution in [2.24, 2.45) is 11.8 Å². The fourth-order valence-electron chi connectivity index (χ4n) is 3.93. The van der Waals surface area contributed by atoms with Gasteiger partial charge in [-0.05, 0) is 61.5 Å². The number of piperidine rings is 1. The summed E-state index contributed by atoms with van der Waals surface area (Å²) < 4.78 is 0. The molecule has 1 aliphatic heterocycles. The Bertz CT molecular complexity index is 737. The van der Waals surface area contributed by atoms with Crippen molar-refractivity contribution < 1.29 is 4.79 Å². The molecule has 2 aromatic carbocycles. The van der Waals surface area contributed by atoms with Crippen molar-refractivity contribution in [3.8, 4) is 0 Å². The van der Waals surface area contributed by atoms with E-state index in [9.17, 15) is 4.79 Å². The van der Waals surface area contributed by atoms with Crippen LogP contribution in [-0.2, 0) is 11.3 Å². The standard InChI is InChI=1S/C24H31ClN2O/c1-18(2)16-23(20-6-4-3-5-7-20)26-24(28)21-12-14-27(15-13-21)17-19-8-10-22(25)11-9-19/h3-11,18,21,23H,12-17H2,1-2H3,(H,26,28)/t23-/m1/s1. The Kier molecular flexibility index (Phi) is 7.52. The minimum absolute atomic E-state index is 0.0980. The van der Waals surface area contributed by atoms with Gasteiger partial charge in [0.15, 0.2) is 0 Å². The molecule has 0 spiro atoms. The van der Waals surface area contributed by atoms with Gasteiger partial charge in [0.2, 0.25) is 5.91 Å². The van der Waals surface area contributed by atoms with Crippen LogP contribution in [0.25, 0.3) is 0 Å². The van der Waals surface area contributed by atoms with Gasteiger partial charge in [-0.2, -0.15) is 0 Å². The van der Waals surface area contributed by atoms with Gasteiger partial charge in [0.25, 0.3) is 0 Å². The van der Waals surface area contributed by atoms with Crippen LogP contribution >= 0.6 is 11.6 Å². The van der Waals surface area contributed by atoms with Crippen LogP contribution in [0.5, 0.6) is 0 Å². The van der Waals surface area contributed by atoms with Crippen molar-refractivity contribution >= 4 is 17.5 Å². The van der Waals surface area contributed by atoms with Gasteiger partial charge in [0, 0.05) is 17.5 Å². The third-order valence-corrected chi connectivity index (χ3v) is 5.76. The SMILES string of the molecule is CC(C)C[C@@H](NC(=O)C1CCN(Cc2ccc(Cl)cc2)CC1)c1ccccc1. The van der Waals surface area contributed by atoms with Crippen molar-refractivity contribution in [3.05, 3.63) is 70.7 Å². The first-order valence-electron chi connectivity index (χ1n) is 10.3. The molecule has 0 bridgehead atoms. The highest BCUT2D eigenvalue weighted by Gasteiger charge is 2.27. The Morgan fingerprint density at radius 3 is 2.32 bits per heavy atom. The van der Waals surface area contributed by atoms with E-state index in [0.717, 1.165) is 43.9 Å². The summed E-state index contributed by atoms with van der Waals surface area (Å²) >= 11 is 5.97. The van der Waals surface area contributed by atoms with Crippen LogP contribution in [0.3, 0.4) is 0 Å². The number of likely N-dealkylation sites (tertiary alicyclic amines) is 1. The normalized spacial score (nSPS) is 16.9. The van der Waals surface area contributed by atoms with Crippen LogP contribution in [0.1, 0.15) is 50.3 Å². The molecule has 3 nitrogen and oxygen atoms in total. The summed E-state index contributed by atoms with van der Waals surface area (Å²) in [5, 5.41) is 4.10. The van der Waals surface area contributed by atoms with Crippen LogP contribution in [-0.4, -0.2) is 23.9 Å². The van der Waals surface area contributed by atoms with Crippen LogP contribution in [0, 0.1) is 11.8 Å². The quantitative estimate of drug-likeness (QED) is 0.672. The van der Waals surface area contributed by atoms with Gasteiger partial charge < -0.3 is 5.32 Å². The summed E-state index contributed by atoms with van der Waals surface area (Å²) in [6.07, 6.45) is 2.80. The Morgan fingerprint density at radius 2 is 1.71 bits per heavy atom. The number of hydrogen-bond acceptors (Lipinski definition) is 2. The van der Waals surface area contributed by atoms with Crippen LogP contribution in [0.2, 0.25) is 5.02 Å². The molecule has 150 valence electrons. The molecule has 0 radical (unpaired) electrons. The number of nitrogens with one attached hydrogen (secondary N) is 1. The van der Waals surface area contributed by atoms with Gasteiger partial charge in [0.05, 0.1) is 6.04 Å². The lowest BCUT2D eigenvalue weighted by molar-refractivity contribution is -0.127. The second-order valence-electron chi connectivity index (χ2n) is 8.28. The number of hydrogen-bond donors (Lipinski definition) is 1. The molecule has 2 aromatic rings. The van der Waals surface area contributed by atoms with E-state index in [4.69, 9.17) is 11.6 Å². The molecular weight excluding hydrogens is 368 g/mol. The fraction of sp³-hybridized carbons (Fsp3) is 0.458. The molecule has 0 saturated carbocycles. The summed E-state index contributed by atoms with van der Waals surface area (Å²) in [6.45, 7) is 7.25. The zero-order valence-corrected chi connectivity index (χ0v) is 17.7. The van der Waals surface area contributed by atoms with Crippen molar-refractivity contribution in [1.82, 2.24) is 10.2 Å². The second-order valence-corrected chi connectivity index (χ2v) is 8.71. The smallest absolute Gasteiger partial charge is 0.223 e. The molecule has 1 aliphatic rings. The van der Waals surface area contributed by atoms with E-state index in [1.165, 1.54) is 11.1 Å². The van der Waals surface area contributed by atoms with Gasteiger partial charge in [-0.15, -0.1) is 0 Å². The highest BCUT2D eigenvalue weighted by Crippen LogP contribution is 2.24. The molecule has 0 aliphatic carbocycles. The highest BCUT2D eigenvalue weighted by molar-refractivity contribution is 6.30. The lowest BCUT2D eigenvalue weighted by Crippen LogP contribution is -2.41. The number of amides is 1. The minimum Gasteiger partial charge on any atom is -0.349 e. The van der Waals surface area contributed by atoms with Gasteiger partial charge in [0.1, 0.15) is 0 Å². The Morgan fingerprint density at radius 1 is 1.07 bits per heavy atom. The van der Waals surface area contributed by atoms with E-state index in [1.54, 1.807) is 0 Å². The monoisotopic (exact) mass is 398 g/mol. The van der Waals surface area contributed by atoms with Gasteiger partial charge in [-0.1, -0.05) is 67.9 Å². The first kappa shape index (κ1) is 20.9. The lowest BCUT2D eigenvalue weighted by atomic mass is 9.93. The maximum absolute atomic E-state index is 12.9. The molecule has 3 rings (SSSR count). The maximum atomic E-state index is 12.9. The molecule has 1 N–H and O–H groups in total. The van der Waals surface area contributed by atoms with Crippen molar-refractivity contribution in [3.63, 3.8) is 0 Å². The third-order valence-electron chi connectivity index (χ3n) is 5.50. The number of nitrogens with zero attached hydrogens (tertiary/aromatic N) is 1. The Hall–Kier alpha value is -1.84. The fourth-order valence-corrected chi connectivity index (χ4v) is 4.05. The molecule has 1 heterocycles. The lowest BCUT2D eigenvalue weighted by Gasteiger charge is -2.32. The first-order chi connectivity index (χ1) is 13.5. The number of halogens is 1. The van der Waals surface area contributed by atoms with Crippen molar-refractivity contribution in [1.29, 1.82) is 0 Å². The van der Waals surface area contributed by atoms with E-state index < -0.39 is 0 Å². The molecular formula is C24H31ClN2O. The van der Waals surface area contributed by atoms with Crippen LogP contribution in [0.15, 0.2) is 54.6 Å². The summed E-state index contributed by atoms with van der Waals surface area (Å²) in [5.41, 5.74) is 2.47. The molecule has 1 amide bonds. The molecule has 4 heteroatoms. The molecule has 1 fully saturated rings. The van der Waals surface area contributed by atoms with Crippen molar-refractivity contribution in [2.45, 2.75) is 45.7 Å². The Balaban J connectivity index is 1.52. The van der Waals surface area contributed by atoms with Crippen LogP contribution in [0.4, 0.5) is 0 Å².